The van der Waals surface area contributed by atoms with E-state index in [9.17, 15) is 0 Å². The van der Waals surface area contributed by atoms with Crippen LogP contribution < -0.4 is 10.2 Å². The van der Waals surface area contributed by atoms with Gasteiger partial charge in [-0.25, -0.2) is 0 Å². The Hall–Kier alpha value is -0.990. The summed E-state index contributed by atoms with van der Waals surface area (Å²) in [6, 6.07) is 8.68. The number of nitrogens with zero attached hydrogens (tertiary/aromatic N) is 1. The average Bonchev–Trinajstić information content (AvgIpc) is 3.26. The van der Waals surface area contributed by atoms with E-state index in [2.05, 4.69) is 41.4 Å². The van der Waals surface area contributed by atoms with Gasteiger partial charge in [0.05, 0.1) is 0 Å². The molecule has 1 aliphatic carbocycles. The van der Waals surface area contributed by atoms with E-state index >= 15 is 0 Å². The molecule has 2 aliphatic rings. The van der Waals surface area contributed by atoms with Crippen LogP contribution in [-0.4, -0.2) is 18.6 Å². The van der Waals surface area contributed by atoms with Crippen LogP contribution >= 0.6 is 11.6 Å². The molecule has 1 atom stereocenters. The molecule has 1 N–H and O–H groups in total. The number of halogens is 1. The van der Waals surface area contributed by atoms with E-state index < -0.39 is 0 Å². The maximum absolute atomic E-state index is 5.71. The Morgan fingerprint density at radius 1 is 1.42 bits per heavy atom. The third-order valence-electron chi connectivity index (χ3n) is 4.43. The Balaban J connectivity index is 1.91. The Morgan fingerprint density at radius 2 is 2.21 bits per heavy atom. The second-order valence-corrected chi connectivity index (χ2v) is 6.17. The van der Waals surface area contributed by atoms with Gasteiger partial charge in [-0.2, -0.15) is 0 Å². The largest absolute Gasteiger partial charge is 0.366 e. The highest BCUT2D eigenvalue weighted by Crippen LogP contribution is 2.42. The lowest BCUT2D eigenvalue weighted by molar-refractivity contribution is 0.318. The molecule has 0 saturated heterocycles. The number of benzene rings is 1. The van der Waals surface area contributed by atoms with Gasteiger partial charge in [-0.3, -0.25) is 0 Å². The first kappa shape index (κ1) is 13.0. The Kier molecular flexibility index (Phi) is 3.55. The Bertz CT molecular complexity index is 481. The summed E-state index contributed by atoms with van der Waals surface area (Å²) in [6.07, 6.45) is 4.75. The van der Waals surface area contributed by atoms with Gasteiger partial charge in [-0.15, -0.1) is 0 Å². The zero-order valence-corrected chi connectivity index (χ0v) is 12.2. The van der Waals surface area contributed by atoms with Crippen molar-refractivity contribution in [3.05, 3.63) is 41.4 Å². The molecule has 102 valence electrons. The van der Waals surface area contributed by atoms with Gasteiger partial charge in [0.15, 0.2) is 0 Å². The van der Waals surface area contributed by atoms with Gasteiger partial charge in [0.1, 0.15) is 0 Å². The summed E-state index contributed by atoms with van der Waals surface area (Å²) in [5.41, 5.74) is 4.57. The third kappa shape index (κ3) is 2.65. The minimum atomic E-state index is 0.221. The van der Waals surface area contributed by atoms with E-state index in [1.165, 1.54) is 24.1 Å². The van der Waals surface area contributed by atoms with Crippen LogP contribution in [0.1, 0.15) is 25.3 Å². The van der Waals surface area contributed by atoms with Gasteiger partial charge >= 0.3 is 0 Å². The number of fused-ring (bicyclic) bond motifs is 1. The molecule has 3 heteroatoms. The van der Waals surface area contributed by atoms with E-state index in [0.29, 0.717) is 0 Å². The van der Waals surface area contributed by atoms with Crippen molar-refractivity contribution < 1.29 is 0 Å². The summed E-state index contributed by atoms with van der Waals surface area (Å²) in [7, 11) is 0. The molecule has 0 aromatic heterocycles. The van der Waals surface area contributed by atoms with E-state index in [4.69, 9.17) is 11.6 Å². The van der Waals surface area contributed by atoms with Crippen LogP contribution in [0.4, 0.5) is 5.69 Å². The van der Waals surface area contributed by atoms with Crippen LogP contribution in [-0.2, 0) is 6.54 Å². The third-order valence-corrected chi connectivity index (χ3v) is 4.61. The zero-order chi connectivity index (χ0) is 13.3. The van der Waals surface area contributed by atoms with Crippen LogP contribution in [0, 0.1) is 5.92 Å². The maximum Gasteiger partial charge on any atom is 0.0415 e. The summed E-state index contributed by atoms with van der Waals surface area (Å²) in [6.45, 7) is 5.26. The lowest BCUT2D eigenvalue weighted by Crippen LogP contribution is -2.51. The van der Waals surface area contributed by atoms with Crippen LogP contribution in [0.25, 0.3) is 0 Å². The molecule has 1 unspecified atom stereocenters. The van der Waals surface area contributed by atoms with Crippen molar-refractivity contribution in [2.45, 2.75) is 31.8 Å². The van der Waals surface area contributed by atoms with Gasteiger partial charge < -0.3 is 10.2 Å². The molecule has 1 saturated carbocycles. The first-order valence-electron chi connectivity index (χ1n) is 7.06. The molecule has 2 nitrogen and oxygen atoms in total. The van der Waals surface area contributed by atoms with Crippen molar-refractivity contribution in [1.29, 1.82) is 0 Å². The van der Waals surface area contributed by atoms with Crippen molar-refractivity contribution in [3.63, 3.8) is 0 Å². The molecular formula is C16H21ClN2. The van der Waals surface area contributed by atoms with Crippen molar-refractivity contribution in [2.24, 2.45) is 5.92 Å². The van der Waals surface area contributed by atoms with Gasteiger partial charge in [0.2, 0.25) is 0 Å². The van der Waals surface area contributed by atoms with E-state index in [-0.39, 0.29) is 5.54 Å². The second-order valence-electron chi connectivity index (χ2n) is 5.92. The van der Waals surface area contributed by atoms with Crippen molar-refractivity contribution in [3.8, 4) is 0 Å². The molecule has 0 radical (unpaired) electrons. The lowest BCUT2D eigenvalue weighted by atomic mass is 9.95. The zero-order valence-electron chi connectivity index (χ0n) is 11.4. The van der Waals surface area contributed by atoms with Crippen LogP contribution in [0.3, 0.4) is 0 Å². The summed E-state index contributed by atoms with van der Waals surface area (Å²) in [5, 5.41) is 3.78. The molecule has 3 rings (SSSR count). The number of rotatable bonds is 3. The second kappa shape index (κ2) is 5.18. The molecule has 0 bridgehead atoms. The Morgan fingerprint density at radius 3 is 2.95 bits per heavy atom. The van der Waals surface area contributed by atoms with Gasteiger partial charge in [-0.05, 0) is 37.3 Å². The fourth-order valence-electron chi connectivity index (χ4n) is 3.13. The number of para-hydroxylation sites is 1. The highest BCUT2D eigenvalue weighted by atomic mass is 35.5. The minimum absolute atomic E-state index is 0.221. The monoisotopic (exact) mass is 276 g/mol. The highest BCUT2D eigenvalue weighted by Gasteiger charge is 2.43. The first-order chi connectivity index (χ1) is 9.23. The fraction of sp³-hybridized carbons (Fsp3) is 0.500. The summed E-state index contributed by atoms with van der Waals surface area (Å²) >= 11 is 5.71. The average molecular weight is 277 g/mol. The number of nitrogens with one attached hydrogen (secondary N) is 1. The molecule has 1 aromatic rings. The van der Waals surface area contributed by atoms with Gasteiger partial charge in [0, 0.05) is 36.4 Å². The first-order valence-corrected chi connectivity index (χ1v) is 7.50. The van der Waals surface area contributed by atoms with Crippen molar-refractivity contribution in [1.82, 2.24) is 5.32 Å². The Labute approximate surface area is 120 Å². The molecule has 1 aliphatic heterocycles. The normalized spacial score (nSPS) is 27.4. The molecule has 0 spiro atoms. The van der Waals surface area contributed by atoms with Crippen molar-refractivity contribution in [2.75, 3.05) is 18.0 Å². The number of anilines is 1. The van der Waals surface area contributed by atoms with Crippen molar-refractivity contribution >= 4 is 17.3 Å². The van der Waals surface area contributed by atoms with Crippen LogP contribution in [0.5, 0.6) is 0 Å². The molecule has 1 fully saturated rings. The quantitative estimate of drug-likeness (QED) is 0.909. The van der Waals surface area contributed by atoms with E-state index in [0.717, 1.165) is 25.6 Å². The molecule has 1 heterocycles. The van der Waals surface area contributed by atoms with E-state index in [1.807, 2.05) is 6.08 Å². The summed E-state index contributed by atoms with van der Waals surface area (Å²) in [5.74, 6) is 0.823. The standard InChI is InChI=1S/C16H21ClN2/c1-16(14-7-8-14)12-19(10-4-9-17)15-6-3-2-5-13(15)11-18-16/h2-6,9,14,18H,7-8,10-12H2,1H3/b9-4+. The minimum Gasteiger partial charge on any atom is -0.366 e. The van der Waals surface area contributed by atoms with Crippen LogP contribution in [0.15, 0.2) is 35.9 Å². The predicted octanol–water partition coefficient (Wildman–Crippen LogP) is 3.52. The molecule has 0 amide bonds. The number of hydrogen-bond acceptors (Lipinski definition) is 2. The topological polar surface area (TPSA) is 15.3 Å². The fourth-order valence-corrected chi connectivity index (χ4v) is 3.21. The van der Waals surface area contributed by atoms with Gasteiger partial charge in [0.25, 0.3) is 0 Å². The highest BCUT2D eigenvalue weighted by molar-refractivity contribution is 6.25. The SMILES string of the molecule is CC1(C2CC2)CN(C/C=C/Cl)c2ccccc2CN1. The molecule has 1 aromatic carbocycles. The number of hydrogen-bond donors (Lipinski definition) is 1. The predicted molar refractivity (Wildman–Crippen MR) is 81.6 cm³/mol. The maximum atomic E-state index is 5.71. The van der Waals surface area contributed by atoms with E-state index in [1.54, 1.807) is 5.54 Å². The van der Waals surface area contributed by atoms with Crippen LogP contribution in [0.2, 0.25) is 0 Å². The van der Waals surface area contributed by atoms with Gasteiger partial charge in [-0.1, -0.05) is 35.9 Å². The summed E-state index contributed by atoms with van der Waals surface area (Å²) in [4.78, 5) is 2.45. The molecule has 19 heavy (non-hydrogen) atoms. The summed E-state index contributed by atoms with van der Waals surface area (Å²) < 4.78 is 0. The smallest absolute Gasteiger partial charge is 0.0415 e. The molecular weight excluding hydrogens is 256 g/mol. The lowest BCUT2D eigenvalue weighted by Gasteiger charge is -2.34.